The number of aryl methyl sites for hydroxylation is 1. The third-order valence-electron chi connectivity index (χ3n) is 4.09. The minimum atomic E-state index is -1.83. The number of rotatable bonds is 11. The van der Waals surface area contributed by atoms with Crippen molar-refractivity contribution < 1.29 is 53.5 Å². The number of carbonyl (C=O) groups is 5. The molecule has 0 heterocycles. The van der Waals surface area contributed by atoms with Crippen LogP contribution in [0.3, 0.4) is 0 Å². The number of ether oxygens (including phenoxy) is 3. The first kappa shape index (κ1) is 34.3. The van der Waals surface area contributed by atoms with E-state index in [1.165, 1.54) is 31.3 Å². The second kappa shape index (κ2) is 20.5. The predicted molar refractivity (Wildman–Crippen MR) is 128 cm³/mol. The molecule has 0 aliphatic heterocycles. The van der Waals surface area contributed by atoms with Crippen molar-refractivity contribution in [2.45, 2.75) is 25.9 Å². The quantitative estimate of drug-likeness (QED) is 0.185. The van der Waals surface area contributed by atoms with Gasteiger partial charge in [-0.25, -0.2) is 14.4 Å². The molecule has 0 aliphatic carbocycles. The van der Waals surface area contributed by atoms with Gasteiger partial charge in [-0.3, -0.25) is 9.59 Å². The Hall–Kier alpha value is -3.84. The number of likely N-dealkylation sites (N-methyl/N-ethyl adjacent to an activating group) is 1. The molecule has 1 rings (SSSR count). The van der Waals surface area contributed by atoms with E-state index in [-0.39, 0.29) is 12.5 Å². The van der Waals surface area contributed by atoms with Gasteiger partial charge in [0.05, 0.1) is 18.8 Å². The highest BCUT2D eigenvalue weighted by Crippen LogP contribution is 2.19. The number of halogens is 1. The Morgan fingerprint density at radius 3 is 2.17 bits per heavy atom. The Balaban J connectivity index is 0. The second-order valence-corrected chi connectivity index (χ2v) is 6.84. The first-order valence-electron chi connectivity index (χ1n) is 10.2. The van der Waals surface area contributed by atoms with Crippen molar-refractivity contribution in [2.75, 3.05) is 34.4 Å². The number of hydrogen-bond acceptors (Lipinski definition) is 8. The number of carboxylic acid groups (broad SMARTS) is 3. The molecule has 1 aromatic carbocycles. The van der Waals surface area contributed by atoms with Gasteiger partial charge in [-0.1, -0.05) is 24.6 Å². The van der Waals surface area contributed by atoms with Gasteiger partial charge in [0, 0.05) is 38.0 Å². The van der Waals surface area contributed by atoms with Crippen LogP contribution < -0.4 is 5.32 Å². The molecule has 4 N–H and O–H groups in total. The van der Waals surface area contributed by atoms with Gasteiger partial charge in [-0.15, -0.1) is 0 Å². The average molecular weight is 535 g/mol. The van der Waals surface area contributed by atoms with E-state index < -0.39 is 24.4 Å². The van der Waals surface area contributed by atoms with Gasteiger partial charge in [-0.05, 0) is 30.5 Å². The number of methoxy groups -OCH3 is 2. The molecule has 0 aliphatic rings. The van der Waals surface area contributed by atoms with Crippen LogP contribution in [0.2, 0.25) is 5.02 Å². The molecule has 0 fully saturated rings. The lowest BCUT2D eigenvalue weighted by molar-refractivity contribution is -0.116. The van der Waals surface area contributed by atoms with E-state index in [1.807, 2.05) is 6.92 Å². The fourth-order valence-corrected chi connectivity index (χ4v) is 2.50. The molecule has 202 valence electrons. The molecule has 0 radical (unpaired) electrons. The van der Waals surface area contributed by atoms with Crippen LogP contribution in [0.1, 0.15) is 29.3 Å². The summed E-state index contributed by atoms with van der Waals surface area (Å²) in [5.41, 5.74) is 1.33. The van der Waals surface area contributed by atoms with E-state index in [4.69, 9.17) is 46.0 Å². The van der Waals surface area contributed by atoms with Crippen molar-refractivity contribution >= 4 is 42.2 Å². The van der Waals surface area contributed by atoms with E-state index in [1.54, 1.807) is 18.2 Å². The maximum Gasteiger partial charge on any atom is 0.505 e. The smallest absolute Gasteiger partial charge is 0.459 e. The molecule has 1 aromatic rings. The van der Waals surface area contributed by atoms with E-state index in [2.05, 4.69) is 10.1 Å². The van der Waals surface area contributed by atoms with Crippen LogP contribution >= 0.6 is 11.6 Å². The van der Waals surface area contributed by atoms with Crippen molar-refractivity contribution in [1.29, 1.82) is 0 Å². The third kappa shape index (κ3) is 17.6. The molecule has 0 aromatic heterocycles. The molecular formula is C22H31ClN2O11. The zero-order valence-electron chi connectivity index (χ0n) is 20.3. The van der Waals surface area contributed by atoms with Crippen molar-refractivity contribution in [3.05, 3.63) is 46.6 Å². The highest BCUT2D eigenvalue weighted by molar-refractivity contribution is 6.31. The molecule has 0 spiro atoms. The van der Waals surface area contributed by atoms with Crippen LogP contribution in [0.15, 0.2) is 30.5 Å². The van der Waals surface area contributed by atoms with Crippen molar-refractivity contribution in [3.8, 4) is 0 Å². The number of nitrogens with zero attached hydrogens (tertiary/aromatic N) is 1. The molecule has 0 bridgehead atoms. The minimum absolute atomic E-state index is 0.0361. The van der Waals surface area contributed by atoms with Gasteiger partial charge < -0.3 is 39.7 Å². The number of amides is 2. The maximum absolute atomic E-state index is 12.2. The topological polar surface area (TPSA) is 189 Å². The first-order chi connectivity index (χ1) is 16.9. The molecule has 0 saturated carbocycles. The Morgan fingerprint density at radius 1 is 1.17 bits per heavy atom. The molecule has 36 heavy (non-hydrogen) atoms. The van der Waals surface area contributed by atoms with Crippen LogP contribution in [0, 0.1) is 0 Å². The monoisotopic (exact) mass is 534 g/mol. The van der Waals surface area contributed by atoms with Gasteiger partial charge in [-0.2, -0.15) is 0 Å². The van der Waals surface area contributed by atoms with Crippen molar-refractivity contribution in [3.63, 3.8) is 0 Å². The number of nitrogens with one attached hydrogen (secondary N) is 1. The highest BCUT2D eigenvalue weighted by Gasteiger charge is 2.15. The Bertz CT molecular complexity index is 874. The average Bonchev–Trinajstić information content (AvgIpc) is 2.85. The van der Waals surface area contributed by atoms with Crippen LogP contribution in [-0.2, 0) is 30.2 Å². The molecule has 14 heteroatoms. The molecule has 2 amide bonds. The summed E-state index contributed by atoms with van der Waals surface area (Å²) in [6, 6.07) is 5.06. The zero-order chi connectivity index (χ0) is 28.1. The van der Waals surface area contributed by atoms with Crippen LogP contribution in [0.4, 0.5) is 9.59 Å². The summed E-state index contributed by atoms with van der Waals surface area (Å²) < 4.78 is 14.2. The van der Waals surface area contributed by atoms with Crippen LogP contribution in [0.25, 0.3) is 0 Å². The molecule has 1 atom stereocenters. The van der Waals surface area contributed by atoms with Gasteiger partial charge in [0.2, 0.25) is 12.3 Å². The van der Waals surface area contributed by atoms with Gasteiger partial charge in [0.25, 0.3) is 0 Å². The Morgan fingerprint density at radius 2 is 1.75 bits per heavy atom. The summed E-state index contributed by atoms with van der Waals surface area (Å²) in [4.78, 5) is 53.4. The number of hydrogen-bond donors (Lipinski definition) is 4. The minimum Gasteiger partial charge on any atom is -0.459 e. The summed E-state index contributed by atoms with van der Waals surface area (Å²) in [6.07, 6.45) is 0.967. The van der Waals surface area contributed by atoms with Gasteiger partial charge >= 0.3 is 18.3 Å². The number of carbonyl (C=O) groups excluding carboxylic acids is 3. The molecule has 13 nitrogen and oxygen atoms in total. The van der Waals surface area contributed by atoms with E-state index in [9.17, 15) is 14.4 Å². The van der Waals surface area contributed by atoms with Crippen molar-refractivity contribution in [1.82, 2.24) is 10.2 Å². The largest absolute Gasteiger partial charge is 0.505 e. The van der Waals surface area contributed by atoms with E-state index in [0.717, 1.165) is 19.1 Å². The van der Waals surface area contributed by atoms with Crippen LogP contribution in [0.5, 0.6) is 0 Å². The Kier molecular flexibility index (Phi) is 19.6. The lowest BCUT2D eigenvalue weighted by Crippen LogP contribution is -2.27. The van der Waals surface area contributed by atoms with Crippen molar-refractivity contribution in [2.24, 2.45) is 0 Å². The Labute approximate surface area is 213 Å². The molecule has 0 saturated heterocycles. The van der Waals surface area contributed by atoms with Gasteiger partial charge in [0.1, 0.15) is 6.61 Å². The third-order valence-corrected chi connectivity index (χ3v) is 4.44. The summed E-state index contributed by atoms with van der Waals surface area (Å²) in [5, 5.41) is 24.4. The maximum atomic E-state index is 12.2. The number of esters is 1. The second-order valence-electron chi connectivity index (χ2n) is 6.43. The summed E-state index contributed by atoms with van der Waals surface area (Å²) in [6.45, 7) is 2.33. The molecular weight excluding hydrogens is 504 g/mol. The van der Waals surface area contributed by atoms with E-state index in [0.29, 0.717) is 30.0 Å². The van der Waals surface area contributed by atoms with Gasteiger partial charge in [0.15, 0.2) is 0 Å². The summed E-state index contributed by atoms with van der Waals surface area (Å²) in [5.74, 6) is -0.805. The summed E-state index contributed by atoms with van der Waals surface area (Å²) >= 11 is 6.12. The zero-order valence-corrected chi connectivity index (χ0v) is 21.1. The molecule has 1 unspecified atom stereocenters. The first-order valence-corrected chi connectivity index (χ1v) is 10.6. The fourth-order valence-electron chi connectivity index (χ4n) is 2.18. The number of benzene rings is 1. The van der Waals surface area contributed by atoms with E-state index >= 15 is 0 Å². The summed E-state index contributed by atoms with van der Waals surface area (Å²) in [7, 11) is 4.09. The predicted octanol–water partition coefficient (Wildman–Crippen LogP) is 2.72. The normalized spacial score (nSPS) is 10.5. The lowest BCUT2D eigenvalue weighted by Gasteiger charge is -2.18. The van der Waals surface area contributed by atoms with Crippen LogP contribution in [-0.4, -0.2) is 91.3 Å². The highest BCUT2D eigenvalue weighted by atomic mass is 35.5. The fraction of sp³-hybridized carbons (Fsp3) is 0.409. The SMILES string of the molecule is CCc1ccc(C(=O)OCC(CCN(C=O)/C=C\C(=O)NC)OC)cc1Cl.COC(=O)O.O=C(O)O. The lowest BCUT2D eigenvalue weighted by atomic mass is 10.1. The standard InChI is InChI=1S/C19H25ClN2O5.C2H4O3.CH2O3/c1-4-14-5-6-15(11-17(14)20)19(25)27-12-16(26-3)7-9-22(13-23)10-8-18(24)21-2;1-5-2(3)4;2-1(3)4/h5-6,8,10-11,13,16H,4,7,9,12H2,1-3H3,(H,21,24);1H3,(H,3,4);(H2,2,3,4)/b10-8-;;.